The SMILES string of the molecule is CC(C)(C)OC(=O)N1CCC[C@H]2c3ccc(N)cc3C[C@H]21. The molecule has 0 aromatic heterocycles. The molecule has 2 aliphatic rings. The Bertz CT molecular complexity index is 562. The van der Waals surface area contributed by atoms with Gasteiger partial charge in [0, 0.05) is 24.2 Å². The summed E-state index contributed by atoms with van der Waals surface area (Å²) in [5.74, 6) is 0.432. The summed E-state index contributed by atoms with van der Waals surface area (Å²) >= 11 is 0. The number of carbonyl (C=O) groups excluding carboxylic acids is 1. The van der Waals surface area contributed by atoms with Crippen LogP contribution in [0.15, 0.2) is 18.2 Å². The maximum Gasteiger partial charge on any atom is 0.410 e. The van der Waals surface area contributed by atoms with Crippen LogP contribution < -0.4 is 5.73 Å². The third kappa shape index (κ3) is 2.71. The number of anilines is 1. The molecule has 1 aliphatic heterocycles. The quantitative estimate of drug-likeness (QED) is 0.745. The molecule has 1 fully saturated rings. The molecule has 3 rings (SSSR count). The molecule has 4 nitrogen and oxygen atoms in total. The summed E-state index contributed by atoms with van der Waals surface area (Å²) in [4.78, 5) is 14.4. The predicted molar refractivity (Wildman–Crippen MR) is 83.3 cm³/mol. The van der Waals surface area contributed by atoms with E-state index in [1.807, 2.05) is 31.7 Å². The first kappa shape index (κ1) is 14.2. The lowest BCUT2D eigenvalue weighted by Crippen LogP contribution is -2.48. The zero-order chi connectivity index (χ0) is 15.2. The molecule has 2 N–H and O–H groups in total. The van der Waals surface area contributed by atoms with Crippen LogP contribution in [0.5, 0.6) is 0 Å². The first-order valence-corrected chi connectivity index (χ1v) is 7.73. The highest BCUT2D eigenvalue weighted by Gasteiger charge is 2.41. The third-order valence-electron chi connectivity index (χ3n) is 4.40. The van der Waals surface area contributed by atoms with E-state index in [1.54, 1.807) is 0 Å². The molecule has 1 aromatic carbocycles. The number of fused-ring (bicyclic) bond motifs is 3. The number of ether oxygens (including phenoxy) is 1. The molecular formula is C17H24N2O2. The van der Waals surface area contributed by atoms with Gasteiger partial charge in [-0.05, 0) is 63.3 Å². The fourth-order valence-corrected chi connectivity index (χ4v) is 3.61. The highest BCUT2D eigenvalue weighted by molar-refractivity contribution is 5.69. The highest BCUT2D eigenvalue weighted by Crippen LogP contribution is 2.43. The Morgan fingerprint density at radius 3 is 2.86 bits per heavy atom. The normalized spacial score (nSPS) is 24.4. The smallest absolute Gasteiger partial charge is 0.410 e. The van der Waals surface area contributed by atoms with Gasteiger partial charge in [-0.3, -0.25) is 0 Å². The number of nitrogen functional groups attached to an aromatic ring is 1. The number of benzene rings is 1. The van der Waals surface area contributed by atoms with Crippen molar-refractivity contribution in [2.75, 3.05) is 12.3 Å². The number of amides is 1. The molecule has 0 unspecified atom stereocenters. The Balaban J connectivity index is 1.83. The van der Waals surface area contributed by atoms with Gasteiger partial charge >= 0.3 is 6.09 Å². The van der Waals surface area contributed by atoms with Crippen LogP contribution in [0.1, 0.15) is 50.7 Å². The van der Waals surface area contributed by atoms with Crippen LogP contribution in [-0.4, -0.2) is 29.2 Å². The minimum Gasteiger partial charge on any atom is -0.444 e. The van der Waals surface area contributed by atoms with Gasteiger partial charge in [-0.2, -0.15) is 0 Å². The van der Waals surface area contributed by atoms with Gasteiger partial charge in [-0.15, -0.1) is 0 Å². The van der Waals surface area contributed by atoms with Crippen LogP contribution in [0, 0.1) is 0 Å². The zero-order valence-corrected chi connectivity index (χ0v) is 13.1. The average molecular weight is 288 g/mol. The molecule has 0 bridgehead atoms. The van der Waals surface area contributed by atoms with Crippen molar-refractivity contribution in [2.24, 2.45) is 0 Å². The Labute approximate surface area is 126 Å². The van der Waals surface area contributed by atoms with E-state index in [9.17, 15) is 4.79 Å². The molecule has 1 saturated heterocycles. The standard InChI is InChI=1S/C17H24N2O2/c1-17(2,3)21-16(20)19-8-4-5-14-13-7-6-12(18)9-11(13)10-15(14)19/h6-7,9,14-15H,4-5,8,10,18H2,1-3H3/t14-,15+/m0/s1. The summed E-state index contributed by atoms with van der Waals surface area (Å²) in [6.45, 7) is 6.53. The molecule has 4 heteroatoms. The number of nitrogens with two attached hydrogens (primary N) is 1. The van der Waals surface area contributed by atoms with E-state index in [2.05, 4.69) is 12.1 Å². The van der Waals surface area contributed by atoms with Gasteiger partial charge in [0.2, 0.25) is 0 Å². The lowest BCUT2D eigenvalue weighted by molar-refractivity contribution is 0.00833. The third-order valence-corrected chi connectivity index (χ3v) is 4.40. The van der Waals surface area contributed by atoms with Crippen LogP contribution in [-0.2, 0) is 11.2 Å². The van der Waals surface area contributed by atoms with E-state index in [1.165, 1.54) is 11.1 Å². The zero-order valence-electron chi connectivity index (χ0n) is 13.1. The van der Waals surface area contributed by atoms with Crippen molar-refractivity contribution in [3.05, 3.63) is 29.3 Å². The minimum absolute atomic E-state index is 0.182. The molecule has 114 valence electrons. The van der Waals surface area contributed by atoms with E-state index in [0.29, 0.717) is 5.92 Å². The summed E-state index contributed by atoms with van der Waals surface area (Å²) in [5.41, 5.74) is 8.91. The Hall–Kier alpha value is -1.71. The molecule has 21 heavy (non-hydrogen) atoms. The molecule has 0 spiro atoms. The van der Waals surface area contributed by atoms with Gasteiger partial charge in [0.05, 0.1) is 0 Å². The van der Waals surface area contributed by atoms with E-state index < -0.39 is 5.60 Å². The summed E-state index contributed by atoms with van der Waals surface area (Å²) in [6, 6.07) is 6.38. The molecular weight excluding hydrogens is 264 g/mol. The van der Waals surface area contributed by atoms with Crippen LogP contribution in [0.25, 0.3) is 0 Å². The van der Waals surface area contributed by atoms with E-state index in [0.717, 1.165) is 31.5 Å². The number of likely N-dealkylation sites (tertiary alicyclic amines) is 1. The van der Waals surface area contributed by atoms with Gasteiger partial charge in [0.15, 0.2) is 0 Å². The van der Waals surface area contributed by atoms with Crippen LogP contribution >= 0.6 is 0 Å². The second kappa shape index (κ2) is 4.93. The van der Waals surface area contributed by atoms with Gasteiger partial charge in [-0.1, -0.05) is 6.07 Å². The molecule has 1 heterocycles. The van der Waals surface area contributed by atoms with Crippen molar-refractivity contribution < 1.29 is 9.53 Å². The Kier molecular flexibility index (Phi) is 3.34. The number of rotatable bonds is 0. The highest BCUT2D eigenvalue weighted by atomic mass is 16.6. The van der Waals surface area contributed by atoms with Gasteiger partial charge < -0.3 is 15.4 Å². The van der Waals surface area contributed by atoms with Crippen molar-refractivity contribution in [3.8, 4) is 0 Å². The summed E-state index contributed by atoms with van der Waals surface area (Å²) in [6.07, 6.45) is 2.88. The first-order valence-electron chi connectivity index (χ1n) is 7.73. The number of hydrogen-bond donors (Lipinski definition) is 1. The number of piperidine rings is 1. The molecule has 1 aliphatic carbocycles. The monoisotopic (exact) mass is 288 g/mol. The van der Waals surface area contributed by atoms with Crippen molar-refractivity contribution in [2.45, 2.75) is 57.6 Å². The Morgan fingerprint density at radius 1 is 1.38 bits per heavy atom. The van der Waals surface area contributed by atoms with E-state index in [-0.39, 0.29) is 12.1 Å². The number of carbonyl (C=O) groups is 1. The van der Waals surface area contributed by atoms with Gasteiger partial charge in [-0.25, -0.2) is 4.79 Å². The van der Waals surface area contributed by atoms with Crippen molar-refractivity contribution in [1.29, 1.82) is 0 Å². The van der Waals surface area contributed by atoms with Gasteiger partial charge in [0.25, 0.3) is 0 Å². The second-order valence-corrected chi connectivity index (χ2v) is 7.15. The average Bonchev–Trinajstić information content (AvgIpc) is 2.73. The van der Waals surface area contributed by atoms with E-state index >= 15 is 0 Å². The van der Waals surface area contributed by atoms with Crippen LogP contribution in [0.3, 0.4) is 0 Å². The molecule has 2 atom stereocenters. The summed E-state index contributed by atoms with van der Waals surface area (Å²) < 4.78 is 5.57. The van der Waals surface area contributed by atoms with Crippen LogP contribution in [0.4, 0.5) is 10.5 Å². The molecule has 1 aromatic rings. The summed E-state index contributed by atoms with van der Waals surface area (Å²) in [7, 11) is 0. The molecule has 0 radical (unpaired) electrons. The lowest BCUT2D eigenvalue weighted by atomic mass is 9.89. The van der Waals surface area contributed by atoms with Gasteiger partial charge in [0.1, 0.15) is 5.60 Å². The lowest BCUT2D eigenvalue weighted by Gasteiger charge is -2.38. The second-order valence-electron chi connectivity index (χ2n) is 7.15. The first-order chi connectivity index (χ1) is 9.85. The fraction of sp³-hybridized carbons (Fsp3) is 0.588. The van der Waals surface area contributed by atoms with Crippen molar-refractivity contribution >= 4 is 11.8 Å². The largest absolute Gasteiger partial charge is 0.444 e. The minimum atomic E-state index is -0.445. The topological polar surface area (TPSA) is 55.6 Å². The molecule has 0 saturated carbocycles. The van der Waals surface area contributed by atoms with Crippen LogP contribution in [0.2, 0.25) is 0 Å². The maximum absolute atomic E-state index is 12.5. The fourth-order valence-electron chi connectivity index (χ4n) is 3.61. The van der Waals surface area contributed by atoms with Crippen molar-refractivity contribution in [3.63, 3.8) is 0 Å². The van der Waals surface area contributed by atoms with Crippen molar-refractivity contribution in [1.82, 2.24) is 4.90 Å². The van der Waals surface area contributed by atoms with E-state index in [4.69, 9.17) is 10.5 Å². The predicted octanol–water partition coefficient (Wildman–Crippen LogP) is 3.31. The maximum atomic E-state index is 12.5. The number of hydrogen-bond acceptors (Lipinski definition) is 3. The summed E-state index contributed by atoms with van der Waals surface area (Å²) in [5, 5.41) is 0. The number of nitrogens with zero attached hydrogens (tertiary/aromatic N) is 1. The molecule has 1 amide bonds. The Morgan fingerprint density at radius 2 is 2.14 bits per heavy atom.